The number of nitrogens with one attached hydrogen (secondary N) is 2. The Morgan fingerprint density at radius 3 is 2.63 bits per heavy atom. The van der Waals surface area contributed by atoms with E-state index in [9.17, 15) is 9.18 Å². The molecule has 4 rings (SSSR count). The van der Waals surface area contributed by atoms with E-state index in [0.29, 0.717) is 6.54 Å². The molecule has 150 valence electrons. The van der Waals surface area contributed by atoms with Crippen molar-refractivity contribution in [2.75, 3.05) is 5.32 Å². The number of aromatic nitrogens is 2. The van der Waals surface area contributed by atoms with Crippen molar-refractivity contribution < 1.29 is 9.18 Å². The first-order valence-electron chi connectivity index (χ1n) is 9.53. The molecule has 0 bridgehead atoms. The van der Waals surface area contributed by atoms with Crippen molar-refractivity contribution in [1.29, 1.82) is 0 Å². The zero-order chi connectivity index (χ0) is 21.1. The maximum atomic E-state index is 13.3. The Kier molecular flexibility index (Phi) is 5.30. The molecule has 2 N–H and O–H groups in total. The molecule has 30 heavy (non-hydrogen) atoms. The molecule has 4 aromatic rings. The van der Waals surface area contributed by atoms with Crippen molar-refractivity contribution in [3.05, 3.63) is 96.4 Å². The molecule has 0 spiro atoms. The lowest BCUT2D eigenvalue weighted by Crippen LogP contribution is -2.12. The third kappa shape index (κ3) is 4.07. The average Bonchev–Trinajstić information content (AvgIpc) is 3.16. The lowest BCUT2D eigenvalue weighted by molar-refractivity contribution is -0.114. The number of hydrogen-bond donors (Lipinski definition) is 2. The predicted octanol–water partition coefficient (Wildman–Crippen LogP) is 4.88. The summed E-state index contributed by atoms with van der Waals surface area (Å²) in [5.74, 6) is -0.384. The topological polar surface area (TPSA) is 58.9 Å². The quantitative estimate of drug-likeness (QED) is 0.485. The molecular weight excluding hydrogens is 379 g/mol. The molecule has 0 saturated heterocycles. The molecule has 0 saturated carbocycles. The van der Waals surface area contributed by atoms with Crippen molar-refractivity contribution in [3.63, 3.8) is 0 Å². The summed E-state index contributed by atoms with van der Waals surface area (Å²) in [5, 5.41) is 11.6. The third-order valence-corrected chi connectivity index (χ3v) is 4.76. The van der Waals surface area contributed by atoms with E-state index in [1.54, 1.807) is 23.0 Å². The molecule has 0 fully saturated rings. The number of benzene rings is 3. The van der Waals surface area contributed by atoms with Crippen LogP contribution in [0.4, 0.5) is 10.1 Å². The van der Waals surface area contributed by atoms with Crippen molar-refractivity contribution in [2.24, 2.45) is 0 Å². The molecule has 5 nitrogen and oxygen atoms in total. The van der Waals surface area contributed by atoms with Gasteiger partial charge in [0.1, 0.15) is 5.82 Å². The Morgan fingerprint density at radius 2 is 1.87 bits per heavy atom. The molecular formula is C24H21FN4O. The van der Waals surface area contributed by atoms with E-state index < -0.39 is 0 Å². The van der Waals surface area contributed by atoms with Crippen LogP contribution < -0.4 is 10.6 Å². The van der Waals surface area contributed by atoms with Crippen LogP contribution in [0.3, 0.4) is 0 Å². The largest absolute Gasteiger partial charge is 0.381 e. The van der Waals surface area contributed by atoms with Crippen LogP contribution in [0.25, 0.3) is 22.3 Å². The van der Waals surface area contributed by atoms with E-state index in [4.69, 9.17) is 0 Å². The number of carbonyl (C=O) groups is 1. The standard InChI is InChI=1S/C24H21FN4O/c1-16(26-14-18-5-3-6-20(13-18)28-17(2)30)22-7-4-8-24-23(22)15-27-29(24)21-11-9-19(25)10-12-21/h3-13,15,26H,1,14H2,2H3,(H,28,30). The number of rotatable bonds is 6. The van der Waals surface area contributed by atoms with Crippen LogP contribution in [0.5, 0.6) is 0 Å². The first-order valence-corrected chi connectivity index (χ1v) is 9.53. The molecule has 0 atom stereocenters. The molecule has 1 aromatic heterocycles. The summed E-state index contributed by atoms with van der Waals surface area (Å²) in [6.45, 7) is 6.24. The number of fused-ring (bicyclic) bond motifs is 1. The second-order valence-corrected chi connectivity index (χ2v) is 6.98. The summed E-state index contributed by atoms with van der Waals surface area (Å²) >= 11 is 0. The minimum Gasteiger partial charge on any atom is -0.381 e. The van der Waals surface area contributed by atoms with E-state index in [-0.39, 0.29) is 11.7 Å². The van der Waals surface area contributed by atoms with Gasteiger partial charge in [0.25, 0.3) is 0 Å². The van der Waals surface area contributed by atoms with E-state index >= 15 is 0 Å². The minimum absolute atomic E-state index is 0.102. The van der Waals surface area contributed by atoms with Gasteiger partial charge in [0, 0.05) is 35.8 Å². The fourth-order valence-electron chi connectivity index (χ4n) is 3.37. The summed E-state index contributed by atoms with van der Waals surface area (Å²) in [6.07, 6.45) is 1.79. The molecule has 0 radical (unpaired) electrons. The Balaban J connectivity index is 1.55. The van der Waals surface area contributed by atoms with Gasteiger partial charge in [-0.3, -0.25) is 4.79 Å². The summed E-state index contributed by atoms with van der Waals surface area (Å²) in [5.41, 5.74) is 5.20. The highest BCUT2D eigenvalue weighted by molar-refractivity contribution is 5.92. The highest BCUT2D eigenvalue weighted by atomic mass is 19.1. The van der Waals surface area contributed by atoms with Gasteiger partial charge in [0.05, 0.1) is 17.4 Å². The monoisotopic (exact) mass is 400 g/mol. The first kappa shape index (κ1) is 19.4. The van der Waals surface area contributed by atoms with Gasteiger partial charge in [-0.25, -0.2) is 9.07 Å². The van der Waals surface area contributed by atoms with Crippen molar-refractivity contribution >= 4 is 28.2 Å². The summed E-state index contributed by atoms with van der Waals surface area (Å²) in [6, 6.07) is 19.8. The van der Waals surface area contributed by atoms with Gasteiger partial charge in [0.2, 0.25) is 5.91 Å². The first-order chi connectivity index (χ1) is 14.5. The number of hydrogen-bond acceptors (Lipinski definition) is 3. The Hall–Kier alpha value is -3.93. The molecule has 1 amide bonds. The second kappa shape index (κ2) is 8.21. The molecule has 0 unspecified atom stereocenters. The number of amides is 1. The molecule has 3 aromatic carbocycles. The zero-order valence-electron chi connectivity index (χ0n) is 16.5. The van der Waals surface area contributed by atoms with Gasteiger partial charge >= 0.3 is 0 Å². The van der Waals surface area contributed by atoms with Crippen LogP contribution >= 0.6 is 0 Å². The highest BCUT2D eigenvalue weighted by Crippen LogP contribution is 2.25. The summed E-state index contributed by atoms with van der Waals surface area (Å²) in [4.78, 5) is 11.3. The highest BCUT2D eigenvalue weighted by Gasteiger charge is 2.11. The van der Waals surface area contributed by atoms with Gasteiger partial charge in [-0.1, -0.05) is 30.8 Å². The van der Waals surface area contributed by atoms with Crippen LogP contribution in [0, 0.1) is 5.82 Å². The Bertz CT molecular complexity index is 1230. The van der Waals surface area contributed by atoms with Crippen molar-refractivity contribution in [2.45, 2.75) is 13.5 Å². The number of anilines is 1. The van der Waals surface area contributed by atoms with Crippen LogP contribution in [0.15, 0.2) is 79.5 Å². The lowest BCUT2D eigenvalue weighted by atomic mass is 10.1. The SMILES string of the molecule is C=C(NCc1cccc(NC(C)=O)c1)c1cccc2c1cnn2-c1ccc(F)cc1. The van der Waals surface area contributed by atoms with E-state index in [2.05, 4.69) is 22.3 Å². The van der Waals surface area contributed by atoms with Crippen molar-refractivity contribution in [3.8, 4) is 5.69 Å². The van der Waals surface area contributed by atoms with Gasteiger partial charge in [0.15, 0.2) is 0 Å². The molecule has 1 heterocycles. The zero-order valence-corrected chi connectivity index (χ0v) is 16.5. The van der Waals surface area contributed by atoms with E-state index in [1.165, 1.54) is 19.1 Å². The second-order valence-electron chi connectivity index (χ2n) is 6.98. The van der Waals surface area contributed by atoms with Gasteiger partial charge in [-0.05, 0) is 48.0 Å². The minimum atomic E-state index is -0.281. The number of nitrogens with zero attached hydrogens (tertiary/aromatic N) is 2. The van der Waals surface area contributed by atoms with Crippen LogP contribution in [-0.2, 0) is 11.3 Å². The maximum Gasteiger partial charge on any atom is 0.221 e. The van der Waals surface area contributed by atoms with Crippen LogP contribution in [0.2, 0.25) is 0 Å². The van der Waals surface area contributed by atoms with Gasteiger partial charge < -0.3 is 10.6 Å². The predicted molar refractivity (Wildman–Crippen MR) is 118 cm³/mol. The normalized spacial score (nSPS) is 10.7. The summed E-state index contributed by atoms with van der Waals surface area (Å²) in [7, 11) is 0. The molecule has 0 aliphatic rings. The maximum absolute atomic E-state index is 13.3. The Labute approximate surface area is 173 Å². The van der Waals surface area contributed by atoms with Crippen LogP contribution in [-0.4, -0.2) is 15.7 Å². The van der Waals surface area contributed by atoms with E-state index in [1.807, 2.05) is 42.5 Å². The van der Waals surface area contributed by atoms with Gasteiger partial charge in [-0.2, -0.15) is 5.10 Å². The number of carbonyl (C=O) groups excluding carboxylic acids is 1. The van der Waals surface area contributed by atoms with Gasteiger partial charge in [-0.15, -0.1) is 0 Å². The molecule has 0 aliphatic heterocycles. The Morgan fingerprint density at radius 1 is 1.10 bits per heavy atom. The van der Waals surface area contributed by atoms with Crippen molar-refractivity contribution in [1.82, 2.24) is 15.1 Å². The third-order valence-electron chi connectivity index (χ3n) is 4.76. The van der Waals surface area contributed by atoms with E-state index in [0.717, 1.165) is 39.1 Å². The fraction of sp³-hybridized carbons (Fsp3) is 0.0833. The molecule has 6 heteroatoms. The molecule has 0 aliphatic carbocycles. The fourth-order valence-corrected chi connectivity index (χ4v) is 3.37. The smallest absolute Gasteiger partial charge is 0.221 e. The summed E-state index contributed by atoms with van der Waals surface area (Å²) < 4.78 is 15.0. The van der Waals surface area contributed by atoms with Crippen LogP contribution in [0.1, 0.15) is 18.1 Å². The average molecular weight is 400 g/mol. The number of halogens is 1. The lowest BCUT2D eigenvalue weighted by Gasteiger charge is -2.12.